The molecule has 1 spiro atoms. The molecular weight excluding hydrogens is 352 g/mol. The molecule has 2 aliphatic heterocycles. The number of carbonyl (C=O) groups is 1. The van der Waals surface area contributed by atoms with E-state index >= 15 is 0 Å². The fraction of sp³-hybridized carbons (Fsp3) is 0.632. The van der Waals surface area contributed by atoms with Gasteiger partial charge in [0, 0.05) is 25.7 Å². The second-order valence-electron chi connectivity index (χ2n) is 7.01. The predicted octanol–water partition coefficient (Wildman–Crippen LogP) is 0.150. The average molecular weight is 380 g/mol. The number of amides is 1. The van der Waals surface area contributed by atoms with Crippen LogP contribution in [-0.4, -0.2) is 78.8 Å². The van der Waals surface area contributed by atoms with E-state index in [2.05, 4.69) is 0 Å². The third-order valence-electron chi connectivity index (χ3n) is 5.40. The largest absolute Gasteiger partial charge is 0.497 e. The van der Waals surface area contributed by atoms with Crippen LogP contribution in [0.15, 0.2) is 18.2 Å². The van der Waals surface area contributed by atoms with Gasteiger partial charge in [-0.1, -0.05) is 0 Å². The molecule has 3 rings (SSSR count). The maximum Gasteiger partial charge on any atom is 0.257 e. The highest BCUT2D eigenvalue weighted by Crippen LogP contribution is 2.36. The minimum absolute atomic E-state index is 0.148. The lowest BCUT2D eigenvalue weighted by Gasteiger charge is -2.48. The van der Waals surface area contributed by atoms with Crippen molar-refractivity contribution in [2.75, 3.05) is 40.0 Å². The number of rotatable bonds is 5. The van der Waals surface area contributed by atoms with Crippen LogP contribution in [0.25, 0.3) is 0 Å². The Bertz CT molecular complexity index is 660. The lowest BCUT2D eigenvalue weighted by Crippen LogP contribution is -2.60. The Hall–Kier alpha value is -1.87. The minimum Gasteiger partial charge on any atom is -0.497 e. The van der Waals surface area contributed by atoms with Gasteiger partial charge in [-0.2, -0.15) is 0 Å². The zero-order valence-electron chi connectivity index (χ0n) is 15.6. The highest BCUT2D eigenvalue weighted by atomic mass is 16.5. The van der Waals surface area contributed by atoms with Gasteiger partial charge in [0.25, 0.3) is 5.91 Å². The molecule has 0 saturated carbocycles. The third-order valence-corrected chi connectivity index (χ3v) is 5.40. The van der Waals surface area contributed by atoms with Crippen LogP contribution in [0.4, 0.5) is 0 Å². The van der Waals surface area contributed by atoms with Crippen molar-refractivity contribution in [3.63, 3.8) is 0 Å². The molecule has 1 aromatic carbocycles. The van der Waals surface area contributed by atoms with Crippen molar-refractivity contribution in [3.05, 3.63) is 23.8 Å². The maximum absolute atomic E-state index is 13.0. The van der Waals surface area contributed by atoms with Crippen molar-refractivity contribution in [1.82, 2.24) is 4.90 Å². The fourth-order valence-electron chi connectivity index (χ4n) is 3.77. The Morgan fingerprint density at radius 2 is 2.11 bits per heavy atom. The molecule has 0 aromatic heterocycles. The van der Waals surface area contributed by atoms with E-state index in [1.807, 2.05) is 0 Å². The predicted molar refractivity (Wildman–Crippen MR) is 98.0 cm³/mol. The van der Waals surface area contributed by atoms with E-state index in [0.717, 1.165) is 0 Å². The first kappa shape index (κ1) is 19.9. The van der Waals surface area contributed by atoms with Gasteiger partial charge in [0.1, 0.15) is 24.2 Å². The van der Waals surface area contributed by atoms with Crippen LogP contribution in [0.5, 0.6) is 11.5 Å². The molecule has 0 unspecified atom stereocenters. The van der Waals surface area contributed by atoms with Crippen LogP contribution < -0.4 is 15.2 Å². The molecule has 150 valence electrons. The number of carbonyl (C=O) groups excluding carboxylic acids is 1. The van der Waals surface area contributed by atoms with Gasteiger partial charge >= 0.3 is 0 Å². The van der Waals surface area contributed by atoms with Gasteiger partial charge in [0.15, 0.2) is 0 Å². The van der Waals surface area contributed by atoms with Crippen molar-refractivity contribution >= 4 is 5.91 Å². The van der Waals surface area contributed by atoms with Crippen molar-refractivity contribution in [1.29, 1.82) is 0 Å². The number of likely N-dealkylation sites (tertiary alicyclic amines) is 1. The molecule has 8 nitrogen and oxygen atoms in total. The molecule has 27 heavy (non-hydrogen) atoms. The number of benzene rings is 1. The van der Waals surface area contributed by atoms with E-state index in [4.69, 9.17) is 19.9 Å². The van der Waals surface area contributed by atoms with Crippen molar-refractivity contribution in [3.8, 4) is 11.5 Å². The number of nitrogens with zero attached hydrogens (tertiary/aromatic N) is 1. The number of aliphatic hydroxyl groups excluding tert-OH is 2. The van der Waals surface area contributed by atoms with Crippen LogP contribution in [-0.2, 0) is 4.74 Å². The first-order valence-electron chi connectivity index (χ1n) is 9.31. The van der Waals surface area contributed by atoms with Crippen LogP contribution in [0.3, 0.4) is 0 Å². The van der Waals surface area contributed by atoms with Crippen molar-refractivity contribution in [2.45, 2.75) is 37.1 Å². The summed E-state index contributed by atoms with van der Waals surface area (Å²) in [6.45, 7) is 1.93. The lowest BCUT2D eigenvalue weighted by molar-refractivity contribution is -0.212. The summed E-state index contributed by atoms with van der Waals surface area (Å²) in [5, 5.41) is 20.3. The molecule has 1 aromatic rings. The smallest absolute Gasteiger partial charge is 0.257 e. The quantitative estimate of drug-likeness (QED) is 0.666. The highest BCUT2D eigenvalue weighted by molar-refractivity contribution is 5.97. The molecule has 2 heterocycles. The van der Waals surface area contributed by atoms with Crippen molar-refractivity contribution < 1.29 is 29.2 Å². The summed E-state index contributed by atoms with van der Waals surface area (Å²) in [4.78, 5) is 14.7. The number of piperidine rings is 1. The molecule has 8 heteroatoms. The summed E-state index contributed by atoms with van der Waals surface area (Å²) < 4.78 is 16.7. The normalized spacial score (nSPS) is 24.7. The SMILES string of the molecule is COc1ccc(C(=O)N2CCC3(CC2)OCC[C@H](O)[C@@H]3O)c(OCCN)c1. The molecule has 2 atom stereocenters. The van der Waals surface area contributed by atoms with E-state index in [1.54, 1.807) is 30.2 Å². The average Bonchev–Trinajstić information content (AvgIpc) is 2.70. The summed E-state index contributed by atoms with van der Waals surface area (Å²) >= 11 is 0. The Balaban J connectivity index is 1.72. The third kappa shape index (κ3) is 4.03. The van der Waals surface area contributed by atoms with Gasteiger partial charge in [-0.25, -0.2) is 0 Å². The van der Waals surface area contributed by atoms with Crippen LogP contribution in [0.1, 0.15) is 29.6 Å². The summed E-state index contributed by atoms with van der Waals surface area (Å²) in [6.07, 6.45) is -0.316. The van der Waals surface area contributed by atoms with Crippen LogP contribution >= 0.6 is 0 Å². The first-order chi connectivity index (χ1) is 13.0. The Morgan fingerprint density at radius 1 is 1.37 bits per heavy atom. The first-order valence-corrected chi connectivity index (χ1v) is 9.31. The van der Waals surface area contributed by atoms with Crippen molar-refractivity contribution in [2.24, 2.45) is 5.73 Å². The molecule has 2 aliphatic rings. The number of hydrogen-bond acceptors (Lipinski definition) is 7. The molecule has 4 N–H and O–H groups in total. The van der Waals surface area contributed by atoms with Gasteiger partial charge in [0.2, 0.25) is 0 Å². The molecule has 2 saturated heterocycles. The van der Waals surface area contributed by atoms with E-state index in [9.17, 15) is 15.0 Å². The van der Waals surface area contributed by atoms with Crippen LogP contribution in [0, 0.1) is 0 Å². The number of aliphatic hydroxyl groups is 2. The fourth-order valence-corrected chi connectivity index (χ4v) is 3.77. The number of hydrogen-bond donors (Lipinski definition) is 3. The second-order valence-corrected chi connectivity index (χ2v) is 7.01. The summed E-state index contributed by atoms with van der Waals surface area (Å²) in [7, 11) is 1.55. The molecule has 1 amide bonds. The maximum atomic E-state index is 13.0. The topological polar surface area (TPSA) is 114 Å². The Kier molecular flexibility index (Phi) is 6.21. The monoisotopic (exact) mass is 380 g/mol. The molecule has 0 bridgehead atoms. The van der Waals surface area contributed by atoms with E-state index in [0.29, 0.717) is 69.2 Å². The lowest BCUT2D eigenvalue weighted by atomic mass is 9.80. The van der Waals surface area contributed by atoms with Crippen LogP contribution in [0.2, 0.25) is 0 Å². The molecule has 0 radical (unpaired) electrons. The zero-order valence-corrected chi connectivity index (χ0v) is 15.6. The molecule has 2 fully saturated rings. The summed E-state index contributed by atoms with van der Waals surface area (Å²) in [6, 6.07) is 5.09. The van der Waals surface area contributed by atoms with Gasteiger partial charge in [-0.15, -0.1) is 0 Å². The van der Waals surface area contributed by atoms with E-state index in [-0.39, 0.29) is 5.91 Å². The Morgan fingerprint density at radius 3 is 2.78 bits per heavy atom. The number of ether oxygens (including phenoxy) is 3. The highest BCUT2D eigenvalue weighted by Gasteiger charge is 2.48. The molecule has 0 aliphatic carbocycles. The van der Waals surface area contributed by atoms with Gasteiger partial charge < -0.3 is 35.1 Å². The van der Waals surface area contributed by atoms with Gasteiger partial charge in [-0.05, 0) is 31.4 Å². The van der Waals surface area contributed by atoms with Gasteiger partial charge in [-0.3, -0.25) is 4.79 Å². The Labute approximate surface area is 158 Å². The number of methoxy groups -OCH3 is 1. The minimum atomic E-state index is -0.923. The second kappa shape index (κ2) is 8.43. The standard InChI is InChI=1S/C19H28N2O6/c1-25-13-2-3-14(16(12-13)26-11-7-20)18(24)21-8-5-19(6-9-21)17(23)15(22)4-10-27-19/h2-3,12,15,17,22-23H,4-11,20H2,1H3/t15-,17-/m0/s1. The van der Waals surface area contributed by atoms with Gasteiger partial charge in [0.05, 0.1) is 31.0 Å². The number of nitrogens with two attached hydrogens (primary N) is 1. The zero-order chi connectivity index (χ0) is 19.4. The van der Waals surface area contributed by atoms with E-state index in [1.165, 1.54) is 0 Å². The van der Waals surface area contributed by atoms with E-state index < -0.39 is 17.8 Å². The molecular formula is C19H28N2O6. The summed E-state index contributed by atoms with van der Waals surface area (Å²) in [5.74, 6) is 0.892. The summed E-state index contributed by atoms with van der Waals surface area (Å²) in [5.41, 5.74) is 5.19.